The highest BCUT2D eigenvalue weighted by Gasteiger charge is 2.11. The van der Waals surface area contributed by atoms with Gasteiger partial charge in [0.2, 0.25) is 0 Å². The van der Waals surface area contributed by atoms with Gasteiger partial charge in [0, 0.05) is 0 Å². The molecule has 0 aliphatic heterocycles. The quantitative estimate of drug-likeness (QED) is 0.772. The molecule has 0 fully saturated rings. The lowest BCUT2D eigenvalue weighted by Crippen LogP contribution is -2.09. The molecule has 2 heteroatoms. The van der Waals surface area contributed by atoms with Crippen LogP contribution in [0.25, 0.3) is 0 Å². The predicted molar refractivity (Wildman–Crippen MR) is 69.5 cm³/mol. The Morgan fingerprint density at radius 2 is 1.88 bits per heavy atom. The van der Waals surface area contributed by atoms with Crippen molar-refractivity contribution >= 4 is 0 Å². The molecule has 0 saturated carbocycles. The normalized spacial score (nSPS) is 10.6. The Bertz CT molecular complexity index is 358. The molecule has 0 aliphatic rings. The average Bonchev–Trinajstić information content (AvgIpc) is 2.26. The summed E-state index contributed by atoms with van der Waals surface area (Å²) in [5.74, 6) is 1.08. The first kappa shape index (κ1) is 13.0. The Kier molecular flexibility index (Phi) is 4.81. The largest absolute Gasteiger partial charge is 0.496 e. The second-order valence-electron chi connectivity index (χ2n) is 4.35. The van der Waals surface area contributed by atoms with E-state index in [1.54, 1.807) is 7.11 Å². The van der Waals surface area contributed by atoms with Gasteiger partial charge in [0.05, 0.1) is 7.11 Å². The maximum Gasteiger partial charge on any atom is 0.125 e. The summed E-state index contributed by atoms with van der Waals surface area (Å²) < 4.78 is 5.55. The summed E-state index contributed by atoms with van der Waals surface area (Å²) in [4.78, 5) is 0. The zero-order valence-corrected chi connectivity index (χ0v) is 11.1. The zero-order chi connectivity index (χ0) is 12.1. The van der Waals surface area contributed by atoms with Crippen LogP contribution in [-0.4, -0.2) is 20.7 Å². The number of methoxy groups -OCH3 is 1. The number of ether oxygens (including phenoxy) is 1. The van der Waals surface area contributed by atoms with Gasteiger partial charge in [0.15, 0.2) is 0 Å². The summed E-state index contributed by atoms with van der Waals surface area (Å²) in [5, 5.41) is 3.18. The number of hydrogen-bond acceptors (Lipinski definition) is 2. The maximum atomic E-state index is 5.55. The van der Waals surface area contributed by atoms with Crippen molar-refractivity contribution in [1.29, 1.82) is 0 Å². The molecule has 0 aromatic heterocycles. The van der Waals surface area contributed by atoms with Crippen LogP contribution in [-0.2, 0) is 6.42 Å². The third-order valence-corrected chi connectivity index (χ3v) is 3.17. The van der Waals surface area contributed by atoms with E-state index in [9.17, 15) is 0 Å². The van der Waals surface area contributed by atoms with Crippen molar-refractivity contribution in [1.82, 2.24) is 5.32 Å². The van der Waals surface area contributed by atoms with Gasteiger partial charge in [-0.05, 0) is 69.5 Å². The van der Waals surface area contributed by atoms with Crippen LogP contribution in [0.2, 0.25) is 0 Å². The maximum absolute atomic E-state index is 5.55. The number of aryl methyl sites for hydroxylation is 2. The fraction of sp³-hybridized carbons (Fsp3) is 0.571. The third-order valence-electron chi connectivity index (χ3n) is 3.17. The van der Waals surface area contributed by atoms with E-state index in [0.717, 1.165) is 25.1 Å². The van der Waals surface area contributed by atoms with E-state index in [2.05, 4.69) is 32.2 Å². The monoisotopic (exact) mass is 221 g/mol. The van der Waals surface area contributed by atoms with Gasteiger partial charge in [-0.2, -0.15) is 0 Å². The second kappa shape index (κ2) is 5.90. The van der Waals surface area contributed by atoms with Crippen LogP contribution in [0.3, 0.4) is 0 Å². The van der Waals surface area contributed by atoms with Gasteiger partial charge in [0.1, 0.15) is 5.75 Å². The molecule has 0 unspecified atom stereocenters. The van der Waals surface area contributed by atoms with Crippen LogP contribution >= 0.6 is 0 Å². The molecule has 90 valence electrons. The Hall–Kier alpha value is -1.02. The predicted octanol–water partition coefficient (Wildman–Crippen LogP) is 2.77. The summed E-state index contributed by atoms with van der Waals surface area (Å²) in [6.45, 7) is 7.50. The Balaban J connectivity index is 3.01. The van der Waals surface area contributed by atoms with Gasteiger partial charge in [-0.15, -0.1) is 0 Å². The van der Waals surface area contributed by atoms with Crippen LogP contribution < -0.4 is 10.1 Å². The van der Waals surface area contributed by atoms with Gasteiger partial charge in [-0.1, -0.05) is 6.07 Å². The molecule has 0 saturated heterocycles. The van der Waals surface area contributed by atoms with Gasteiger partial charge in [0.25, 0.3) is 0 Å². The first-order valence-corrected chi connectivity index (χ1v) is 5.90. The van der Waals surface area contributed by atoms with Crippen molar-refractivity contribution in [3.63, 3.8) is 0 Å². The SMILES string of the molecule is CNCCCc1c(C)cc(C)c(C)c1OC. The molecule has 0 amide bonds. The lowest BCUT2D eigenvalue weighted by Gasteiger charge is -2.16. The molecule has 1 aromatic carbocycles. The van der Waals surface area contributed by atoms with E-state index in [1.807, 2.05) is 7.05 Å². The topological polar surface area (TPSA) is 21.3 Å². The highest BCUT2D eigenvalue weighted by Crippen LogP contribution is 2.30. The highest BCUT2D eigenvalue weighted by atomic mass is 16.5. The minimum atomic E-state index is 1.05. The van der Waals surface area contributed by atoms with E-state index in [0.29, 0.717) is 0 Å². The molecular weight excluding hydrogens is 198 g/mol. The Labute approximate surface area is 99.0 Å². The van der Waals surface area contributed by atoms with Crippen LogP contribution in [0.5, 0.6) is 5.75 Å². The van der Waals surface area contributed by atoms with Crippen molar-refractivity contribution in [2.24, 2.45) is 0 Å². The Morgan fingerprint density at radius 3 is 2.44 bits per heavy atom. The van der Waals surface area contributed by atoms with Gasteiger partial charge < -0.3 is 10.1 Å². The molecule has 0 radical (unpaired) electrons. The Morgan fingerprint density at radius 1 is 1.19 bits per heavy atom. The summed E-state index contributed by atoms with van der Waals surface area (Å²) >= 11 is 0. The van der Waals surface area contributed by atoms with E-state index < -0.39 is 0 Å². The second-order valence-corrected chi connectivity index (χ2v) is 4.35. The molecule has 0 atom stereocenters. The van der Waals surface area contributed by atoms with Crippen molar-refractivity contribution < 1.29 is 4.74 Å². The van der Waals surface area contributed by atoms with Crippen molar-refractivity contribution in [3.8, 4) is 5.75 Å². The molecule has 2 nitrogen and oxygen atoms in total. The first-order chi connectivity index (χ1) is 7.61. The van der Waals surface area contributed by atoms with Crippen molar-refractivity contribution in [2.45, 2.75) is 33.6 Å². The fourth-order valence-corrected chi connectivity index (χ4v) is 2.13. The van der Waals surface area contributed by atoms with Crippen LogP contribution in [0.1, 0.15) is 28.7 Å². The third kappa shape index (κ3) is 2.76. The number of benzene rings is 1. The lowest BCUT2D eigenvalue weighted by atomic mass is 9.96. The van der Waals surface area contributed by atoms with Crippen molar-refractivity contribution in [3.05, 3.63) is 28.3 Å². The molecule has 0 heterocycles. The molecule has 1 aromatic rings. The van der Waals surface area contributed by atoms with Crippen molar-refractivity contribution in [2.75, 3.05) is 20.7 Å². The first-order valence-electron chi connectivity index (χ1n) is 5.90. The smallest absolute Gasteiger partial charge is 0.125 e. The number of hydrogen-bond donors (Lipinski definition) is 1. The fourth-order valence-electron chi connectivity index (χ4n) is 2.13. The number of rotatable bonds is 5. The summed E-state index contributed by atoms with van der Waals surface area (Å²) in [5.41, 5.74) is 5.29. The van der Waals surface area contributed by atoms with Crippen LogP contribution in [0.4, 0.5) is 0 Å². The minimum absolute atomic E-state index is 1.05. The molecule has 0 spiro atoms. The molecule has 1 rings (SSSR count). The van der Waals surface area contributed by atoms with Crippen LogP contribution in [0.15, 0.2) is 6.07 Å². The molecule has 0 bridgehead atoms. The zero-order valence-electron chi connectivity index (χ0n) is 11.1. The molecule has 16 heavy (non-hydrogen) atoms. The highest BCUT2D eigenvalue weighted by molar-refractivity contribution is 5.49. The summed E-state index contributed by atoms with van der Waals surface area (Å²) in [6.07, 6.45) is 2.23. The van der Waals surface area contributed by atoms with E-state index in [1.165, 1.54) is 22.3 Å². The summed E-state index contributed by atoms with van der Waals surface area (Å²) in [7, 11) is 3.76. The average molecular weight is 221 g/mol. The van der Waals surface area contributed by atoms with E-state index in [-0.39, 0.29) is 0 Å². The molecule has 1 N–H and O–H groups in total. The van der Waals surface area contributed by atoms with Crippen LogP contribution in [0, 0.1) is 20.8 Å². The van der Waals surface area contributed by atoms with Gasteiger partial charge in [-0.3, -0.25) is 0 Å². The van der Waals surface area contributed by atoms with Gasteiger partial charge >= 0.3 is 0 Å². The standard InChI is InChI=1S/C14H23NO/c1-10-9-11(2)13(7-6-8-15-4)14(16-5)12(10)3/h9,15H,6-8H2,1-5H3. The molecule has 0 aliphatic carbocycles. The van der Waals surface area contributed by atoms with Gasteiger partial charge in [-0.25, -0.2) is 0 Å². The number of nitrogens with one attached hydrogen (secondary N) is 1. The van der Waals surface area contributed by atoms with E-state index in [4.69, 9.17) is 4.74 Å². The van der Waals surface area contributed by atoms with E-state index >= 15 is 0 Å². The summed E-state index contributed by atoms with van der Waals surface area (Å²) in [6, 6.07) is 2.26. The minimum Gasteiger partial charge on any atom is -0.496 e. The lowest BCUT2D eigenvalue weighted by molar-refractivity contribution is 0.405. The molecular formula is C14H23NO.